The average Bonchev–Trinajstić information content (AvgIpc) is 3.07. The van der Waals surface area contributed by atoms with Crippen LogP contribution in [-0.4, -0.2) is 27.5 Å². The predicted molar refractivity (Wildman–Crippen MR) is 97.4 cm³/mol. The molecule has 1 aromatic carbocycles. The molecule has 0 radical (unpaired) electrons. The fraction of sp³-hybridized carbons (Fsp3) is 0.250. The number of hydrogen-bond acceptors (Lipinski definition) is 5. The van der Waals surface area contributed by atoms with E-state index in [1.807, 2.05) is 42.6 Å². The summed E-state index contributed by atoms with van der Waals surface area (Å²) in [6.07, 6.45) is 4.60. The van der Waals surface area contributed by atoms with Crippen molar-refractivity contribution in [3.63, 3.8) is 0 Å². The highest BCUT2D eigenvalue weighted by atomic mass is 16.5. The summed E-state index contributed by atoms with van der Waals surface area (Å²) in [6.45, 7) is 3.30. The fourth-order valence-corrected chi connectivity index (χ4v) is 3.40. The van der Waals surface area contributed by atoms with Crippen molar-refractivity contribution in [1.29, 1.82) is 0 Å². The number of carbonyl (C=O) groups excluding carboxylic acids is 1. The van der Waals surface area contributed by atoms with Crippen LogP contribution in [0.5, 0.6) is 0 Å². The van der Waals surface area contributed by atoms with Gasteiger partial charge in [-0.15, -0.1) is 0 Å². The third kappa shape index (κ3) is 3.36. The quantitative estimate of drug-likeness (QED) is 0.784. The lowest BCUT2D eigenvalue weighted by molar-refractivity contribution is -0.122. The lowest BCUT2D eigenvalue weighted by atomic mass is 9.97. The average molecular weight is 348 g/mol. The number of benzene rings is 1. The van der Waals surface area contributed by atoms with Gasteiger partial charge in [0.2, 0.25) is 5.91 Å². The SMILES string of the molecule is Cc1cc(NC(=O)C(c2ccccc2)N2CCc3cnccc3C2)no1. The molecular formula is C20H20N4O2. The number of nitrogens with zero attached hydrogens (tertiary/aromatic N) is 3. The van der Waals surface area contributed by atoms with Crippen LogP contribution in [0.15, 0.2) is 59.4 Å². The van der Waals surface area contributed by atoms with Crippen molar-refractivity contribution in [3.8, 4) is 0 Å². The van der Waals surface area contributed by atoms with Gasteiger partial charge >= 0.3 is 0 Å². The Morgan fingerprint density at radius 1 is 1.23 bits per heavy atom. The second kappa shape index (κ2) is 7.09. The zero-order valence-electron chi connectivity index (χ0n) is 14.6. The molecule has 0 saturated heterocycles. The molecule has 4 rings (SSSR count). The normalized spacial score (nSPS) is 15.3. The monoisotopic (exact) mass is 348 g/mol. The van der Waals surface area contributed by atoms with Gasteiger partial charge in [-0.3, -0.25) is 14.7 Å². The minimum absolute atomic E-state index is 0.109. The number of hydrogen-bond donors (Lipinski definition) is 1. The van der Waals surface area contributed by atoms with E-state index >= 15 is 0 Å². The van der Waals surface area contributed by atoms with Crippen molar-refractivity contribution in [3.05, 3.63) is 77.3 Å². The largest absolute Gasteiger partial charge is 0.360 e. The number of rotatable bonds is 4. The van der Waals surface area contributed by atoms with E-state index in [1.165, 1.54) is 11.1 Å². The van der Waals surface area contributed by atoms with E-state index in [4.69, 9.17) is 4.52 Å². The van der Waals surface area contributed by atoms with Gasteiger partial charge in [-0.1, -0.05) is 35.5 Å². The van der Waals surface area contributed by atoms with Crippen molar-refractivity contribution < 1.29 is 9.32 Å². The van der Waals surface area contributed by atoms with Crippen molar-refractivity contribution in [2.24, 2.45) is 0 Å². The first kappa shape index (κ1) is 16.5. The molecule has 1 atom stereocenters. The Morgan fingerprint density at radius 3 is 2.85 bits per heavy atom. The molecule has 26 heavy (non-hydrogen) atoms. The Bertz CT molecular complexity index is 907. The Kier molecular flexibility index (Phi) is 4.50. The van der Waals surface area contributed by atoms with Gasteiger partial charge in [0.1, 0.15) is 11.8 Å². The highest BCUT2D eigenvalue weighted by Crippen LogP contribution is 2.28. The maximum atomic E-state index is 13.1. The summed E-state index contributed by atoms with van der Waals surface area (Å²) in [5, 5.41) is 6.76. The van der Waals surface area contributed by atoms with Crippen LogP contribution >= 0.6 is 0 Å². The number of anilines is 1. The summed E-state index contributed by atoms with van der Waals surface area (Å²) in [5.74, 6) is 0.994. The molecule has 1 unspecified atom stereocenters. The van der Waals surface area contributed by atoms with Gasteiger partial charge < -0.3 is 9.84 Å². The van der Waals surface area contributed by atoms with Crippen LogP contribution in [0.1, 0.15) is 28.5 Å². The molecular weight excluding hydrogens is 328 g/mol. The van der Waals surface area contributed by atoms with E-state index in [9.17, 15) is 4.79 Å². The van der Waals surface area contributed by atoms with Gasteiger partial charge in [0.25, 0.3) is 0 Å². The standard InChI is InChI=1S/C20H20N4O2/c1-14-11-18(23-26-14)22-20(25)19(15-5-3-2-4-6-15)24-10-8-16-12-21-9-7-17(16)13-24/h2-7,9,11-12,19H,8,10,13H2,1H3,(H,22,23,25). The molecule has 0 saturated carbocycles. The number of nitrogens with one attached hydrogen (secondary N) is 1. The first-order chi connectivity index (χ1) is 12.7. The van der Waals surface area contributed by atoms with Gasteiger partial charge in [0.05, 0.1) is 0 Å². The number of carbonyl (C=O) groups is 1. The molecule has 0 aliphatic carbocycles. The van der Waals surface area contributed by atoms with Crippen LogP contribution in [0.3, 0.4) is 0 Å². The molecule has 1 aliphatic heterocycles. The Balaban J connectivity index is 1.62. The van der Waals surface area contributed by atoms with E-state index in [2.05, 4.69) is 20.4 Å². The molecule has 6 nitrogen and oxygen atoms in total. The topological polar surface area (TPSA) is 71.3 Å². The van der Waals surface area contributed by atoms with E-state index in [0.717, 1.165) is 18.5 Å². The van der Waals surface area contributed by atoms with Crippen LogP contribution < -0.4 is 5.32 Å². The maximum Gasteiger partial charge on any atom is 0.247 e. The lowest BCUT2D eigenvalue weighted by Gasteiger charge is -2.34. The molecule has 6 heteroatoms. The predicted octanol–water partition coefficient (Wildman–Crippen LogP) is 3.12. The molecule has 1 N–H and O–H groups in total. The van der Waals surface area contributed by atoms with E-state index in [0.29, 0.717) is 18.1 Å². The number of aryl methyl sites for hydroxylation is 1. The summed E-state index contributed by atoms with van der Waals surface area (Å²) >= 11 is 0. The summed E-state index contributed by atoms with van der Waals surface area (Å²) in [7, 11) is 0. The van der Waals surface area contributed by atoms with E-state index in [-0.39, 0.29) is 5.91 Å². The number of amides is 1. The van der Waals surface area contributed by atoms with Crippen LogP contribution in [0.2, 0.25) is 0 Å². The summed E-state index contributed by atoms with van der Waals surface area (Å²) in [5.41, 5.74) is 3.43. The first-order valence-electron chi connectivity index (χ1n) is 8.65. The minimum atomic E-state index is -0.394. The molecule has 132 valence electrons. The second-order valence-electron chi connectivity index (χ2n) is 6.49. The minimum Gasteiger partial charge on any atom is -0.360 e. The zero-order valence-corrected chi connectivity index (χ0v) is 14.6. The summed E-state index contributed by atoms with van der Waals surface area (Å²) in [4.78, 5) is 19.5. The second-order valence-corrected chi connectivity index (χ2v) is 6.49. The first-order valence-corrected chi connectivity index (χ1v) is 8.65. The molecule has 3 aromatic rings. The number of fused-ring (bicyclic) bond motifs is 1. The van der Waals surface area contributed by atoms with Gasteiger partial charge in [-0.05, 0) is 36.1 Å². The molecule has 3 heterocycles. The number of aromatic nitrogens is 2. The zero-order chi connectivity index (χ0) is 17.9. The van der Waals surface area contributed by atoms with Crippen LogP contribution in [0.25, 0.3) is 0 Å². The Labute approximate surface area is 151 Å². The van der Waals surface area contributed by atoms with Gasteiger partial charge in [0.15, 0.2) is 5.82 Å². The van der Waals surface area contributed by atoms with Crippen molar-refractivity contribution in [1.82, 2.24) is 15.0 Å². The molecule has 1 aliphatic rings. The summed E-state index contributed by atoms with van der Waals surface area (Å²) < 4.78 is 5.06. The van der Waals surface area contributed by atoms with Crippen LogP contribution in [-0.2, 0) is 17.8 Å². The van der Waals surface area contributed by atoms with Crippen molar-refractivity contribution >= 4 is 11.7 Å². The van der Waals surface area contributed by atoms with E-state index in [1.54, 1.807) is 19.2 Å². The highest BCUT2D eigenvalue weighted by Gasteiger charge is 2.30. The van der Waals surface area contributed by atoms with Crippen molar-refractivity contribution in [2.75, 3.05) is 11.9 Å². The van der Waals surface area contributed by atoms with Crippen LogP contribution in [0.4, 0.5) is 5.82 Å². The number of pyridine rings is 1. The molecule has 0 fully saturated rings. The van der Waals surface area contributed by atoms with E-state index < -0.39 is 6.04 Å². The van der Waals surface area contributed by atoms with Crippen molar-refractivity contribution in [2.45, 2.75) is 25.9 Å². The third-order valence-electron chi connectivity index (χ3n) is 4.65. The smallest absolute Gasteiger partial charge is 0.247 e. The Morgan fingerprint density at radius 2 is 2.08 bits per heavy atom. The molecule has 0 spiro atoms. The summed E-state index contributed by atoms with van der Waals surface area (Å²) in [6, 6.07) is 13.2. The highest BCUT2D eigenvalue weighted by molar-refractivity contribution is 5.94. The van der Waals surface area contributed by atoms with Gasteiger partial charge in [-0.25, -0.2) is 0 Å². The fourth-order valence-electron chi connectivity index (χ4n) is 3.40. The lowest BCUT2D eigenvalue weighted by Crippen LogP contribution is -2.40. The Hall–Kier alpha value is -2.99. The maximum absolute atomic E-state index is 13.1. The van der Waals surface area contributed by atoms with Crippen LogP contribution in [0, 0.1) is 6.92 Å². The third-order valence-corrected chi connectivity index (χ3v) is 4.65. The van der Waals surface area contributed by atoms with Gasteiger partial charge in [0, 0.05) is 31.5 Å². The molecule has 2 aromatic heterocycles. The molecule has 1 amide bonds. The molecule has 0 bridgehead atoms. The van der Waals surface area contributed by atoms with Gasteiger partial charge in [-0.2, -0.15) is 0 Å².